The second kappa shape index (κ2) is 11.1. The van der Waals surface area contributed by atoms with Crippen LogP contribution in [0.2, 0.25) is 0 Å². The minimum atomic E-state index is -3.83. The molecular weight excluding hydrogens is 495 g/mol. The molecule has 0 unspecified atom stereocenters. The van der Waals surface area contributed by atoms with Gasteiger partial charge in [-0.25, -0.2) is 4.39 Å². The van der Waals surface area contributed by atoms with Crippen molar-refractivity contribution in [1.82, 2.24) is 15.2 Å². The van der Waals surface area contributed by atoms with Crippen LogP contribution in [0.15, 0.2) is 66.9 Å². The van der Waals surface area contributed by atoms with Crippen molar-refractivity contribution < 1.29 is 27.8 Å². The smallest absolute Gasteiger partial charge is 0.349 e. The Hall–Kier alpha value is -3.43. The van der Waals surface area contributed by atoms with E-state index in [4.69, 9.17) is 4.74 Å². The fourth-order valence-corrected chi connectivity index (χ4v) is 4.61. The van der Waals surface area contributed by atoms with E-state index in [0.29, 0.717) is 22.6 Å². The second-order valence-corrected chi connectivity index (χ2v) is 9.93. The number of aromatic nitrogens is 1. The third kappa shape index (κ3) is 6.16. The van der Waals surface area contributed by atoms with Gasteiger partial charge in [-0.15, -0.1) is 0 Å². The van der Waals surface area contributed by atoms with Crippen molar-refractivity contribution >= 4 is 5.91 Å². The summed E-state index contributed by atoms with van der Waals surface area (Å²) in [6, 6.07) is 13.8. The molecule has 3 aromatic rings. The van der Waals surface area contributed by atoms with E-state index in [9.17, 15) is 14.3 Å². The van der Waals surface area contributed by atoms with E-state index in [0.717, 1.165) is 57.1 Å². The molecule has 1 aromatic heterocycles. The summed E-state index contributed by atoms with van der Waals surface area (Å²) in [5.41, 5.74) is 0.962. The summed E-state index contributed by atoms with van der Waals surface area (Å²) < 4.78 is 49.4. The van der Waals surface area contributed by atoms with Gasteiger partial charge in [-0.2, -0.15) is 8.78 Å². The van der Waals surface area contributed by atoms with Crippen LogP contribution in [0.4, 0.5) is 13.2 Å². The number of hydrogen-bond acceptors (Lipinski definition) is 5. The summed E-state index contributed by atoms with van der Waals surface area (Å²) in [6.07, 6.45) is 4.10. The summed E-state index contributed by atoms with van der Waals surface area (Å²) in [7, 11) is 0. The van der Waals surface area contributed by atoms with Crippen LogP contribution in [0.25, 0.3) is 11.3 Å². The number of rotatable bonds is 10. The van der Waals surface area contributed by atoms with Crippen molar-refractivity contribution in [2.45, 2.75) is 49.9 Å². The standard InChI is InChI=1S/C29H30F3N3O3/c30-22-9-14-25(33-17-22)19-3-7-21(8-4-19)29(31,32)28(37)34-26(18-35-15-1-2-16-35)27(36)20-5-10-23(11-6-20)38-24-12-13-24/h3-11,14,17,24,26-27,36H,1-2,12-13,15-16,18H2,(H,34,37)/t26-,27-/m1/s1. The molecule has 5 rings (SSSR count). The number of carbonyl (C=O) groups excluding carboxylic acids is 1. The van der Waals surface area contributed by atoms with Gasteiger partial charge in [0.1, 0.15) is 17.7 Å². The topological polar surface area (TPSA) is 74.7 Å². The van der Waals surface area contributed by atoms with Gasteiger partial charge >= 0.3 is 5.92 Å². The maximum absolute atomic E-state index is 15.3. The van der Waals surface area contributed by atoms with Crippen LogP contribution >= 0.6 is 0 Å². The number of nitrogens with zero attached hydrogens (tertiary/aromatic N) is 2. The summed E-state index contributed by atoms with van der Waals surface area (Å²) in [5.74, 6) is -5.13. The van der Waals surface area contributed by atoms with Crippen LogP contribution in [0.1, 0.15) is 42.9 Å². The number of halogens is 3. The molecule has 1 aliphatic carbocycles. The van der Waals surface area contributed by atoms with E-state index in [1.807, 2.05) is 0 Å². The first kappa shape index (κ1) is 26.2. The normalized spacial score (nSPS) is 17.7. The van der Waals surface area contributed by atoms with E-state index in [1.54, 1.807) is 24.3 Å². The van der Waals surface area contributed by atoms with Crippen molar-refractivity contribution in [3.63, 3.8) is 0 Å². The van der Waals surface area contributed by atoms with Crippen LogP contribution in [0.5, 0.6) is 5.75 Å². The molecule has 1 saturated carbocycles. The minimum Gasteiger partial charge on any atom is -0.490 e. The van der Waals surface area contributed by atoms with Gasteiger partial charge in [-0.1, -0.05) is 36.4 Å². The highest BCUT2D eigenvalue weighted by atomic mass is 19.3. The molecule has 2 N–H and O–H groups in total. The summed E-state index contributed by atoms with van der Waals surface area (Å²) in [4.78, 5) is 18.9. The van der Waals surface area contributed by atoms with Crippen LogP contribution < -0.4 is 10.1 Å². The zero-order valence-electron chi connectivity index (χ0n) is 20.8. The molecule has 2 aromatic carbocycles. The third-order valence-electron chi connectivity index (χ3n) is 6.96. The van der Waals surface area contributed by atoms with Crippen LogP contribution in [-0.2, 0) is 10.7 Å². The monoisotopic (exact) mass is 525 g/mol. The van der Waals surface area contributed by atoms with Crippen molar-refractivity contribution in [3.05, 3.63) is 83.8 Å². The average molecular weight is 526 g/mol. The van der Waals surface area contributed by atoms with E-state index in [1.165, 1.54) is 24.3 Å². The molecule has 200 valence electrons. The summed E-state index contributed by atoms with van der Waals surface area (Å²) >= 11 is 0. The number of carbonyl (C=O) groups is 1. The Morgan fingerprint density at radius 3 is 2.34 bits per heavy atom. The number of hydrogen-bond donors (Lipinski definition) is 2. The quantitative estimate of drug-likeness (QED) is 0.397. The molecule has 2 aliphatic rings. The molecular formula is C29H30F3N3O3. The van der Waals surface area contributed by atoms with Crippen molar-refractivity contribution in [2.75, 3.05) is 19.6 Å². The lowest BCUT2D eigenvalue weighted by Gasteiger charge is -2.30. The number of likely N-dealkylation sites (tertiary alicyclic amines) is 1. The number of ether oxygens (including phenoxy) is 1. The maximum Gasteiger partial charge on any atom is 0.349 e. The van der Waals surface area contributed by atoms with Gasteiger partial charge in [0.05, 0.1) is 24.0 Å². The largest absolute Gasteiger partial charge is 0.490 e. The highest BCUT2D eigenvalue weighted by Crippen LogP contribution is 2.32. The van der Waals surface area contributed by atoms with E-state index >= 15 is 8.78 Å². The average Bonchev–Trinajstić information content (AvgIpc) is 3.59. The molecule has 1 saturated heterocycles. The highest BCUT2D eigenvalue weighted by Gasteiger charge is 2.43. The zero-order chi connectivity index (χ0) is 26.7. The zero-order valence-corrected chi connectivity index (χ0v) is 20.8. The SMILES string of the molecule is O=C(N[C@H](CN1CCCC1)[C@H](O)c1ccc(OC2CC2)cc1)C(F)(F)c1ccc(-c2ccc(F)cn2)cc1. The second-order valence-electron chi connectivity index (χ2n) is 9.93. The number of amides is 1. The first-order chi connectivity index (χ1) is 18.3. The number of alkyl halides is 2. The molecule has 2 fully saturated rings. The molecule has 1 aliphatic heterocycles. The first-order valence-corrected chi connectivity index (χ1v) is 12.9. The number of pyridine rings is 1. The minimum absolute atomic E-state index is 0.233. The van der Waals surface area contributed by atoms with Crippen LogP contribution in [0, 0.1) is 5.82 Å². The van der Waals surface area contributed by atoms with Crippen LogP contribution in [-0.4, -0.2) is 52.7 Å². The molecule has 0 spiro atoms. The van der Waals surface area contributed by atoms with Crippen molar-refractivity contribution in [1.29, 1.82) is 0 Å². The highest BCUT2D eigenvalue weighted by molar-refractivity contribution is 5.85. The lowest BCUT2D eigenvalue weighted by Crippen LogP contribution is -2.50. The van der Waals surface area contributed by atoms with Gasteiger partial charge in [-0.3, -0.25) is 9.78 Å². The predicted molar refractivity (Wildman–Crippen MR) is 136 cm³/mol. The Kier molecular flexibility index (Phi) is 7.67. The molecule has 9 heteroatoms. The maximum atomic E-state index is 15.3. The molecule has 1 amide bonds. The van der Waals surface area contributed by atoms with E-state index in [-0.39, 0.29) is 12.6 Å². The number of aliphatic hydroxyl groups excluding tert-OH is 1. The molecule has 0 bridgehead atoms. The predicted octanol–water partition coefficient (Wildman–Crippen LogP) is 4.83. The Morgan fingerprint density at radius 1 is 1.05 bits per heavy atom. The first-order valence-electron chi connectivity index (χ1n) is 12.9. The van der Waals surface area contributed by atoms with E-state index < -0.39 is 35.4 Å². The molecule has 6 nitrogen and oxygen atoms in total. The fraction of sp³-hybridized carbons (Fsp3) is 0.379. The Balaban J connectivity index is 1.31. The van der Waals surface area contributed by atoms with Gasteiger partial charge in [0.2, 0.25) is 0 Å². The fourth-order valence-electron chi connectivity index (χ4n) is 4.61. The number of aliphatic hydroxyl groups is 1. The van der Waals surface area contributed by atoms with Crippen molar-refractivity contribution in [2.24, 2.45) is 0 Å². The lowest BCUT2D eigenvalue weighted by molar-refractivity contribution is -0.149. The van der Waals surface area contributed by atoms with Gasteiger partial charge in [0.15, 0.2) is 0 Å². The Labute approximate surface area is 219 Å². The van der Waals surface area contributed by atoms with Gasteiger partial charge in [-0.05, 0) is 68.6 Å². The van der Waals surface area contributed by atoms with Crippen LogP contribution in [0.3, 0.4) is 0 Å². The Bertz CT molecular complexity index is 1230. The summed E-state index contributed by atoms with van der Waals surface area (Å²) in [6.45, 7) is 1.81. The van der Waals surface area contributed by atoms with Gasteiger partial charge in [0.25, 0.3) is 5.91 Å². The third-order valence-corrected chi connectivity index (χ3v) is 6.96. The van der Waals surface area contributed by atoms with Gasteiger partial charge < -0.3 is 20.1 Å². The molecule has 0 radical (unpaired) electrons. The van der Waals surface area contributed by atoms with E-state index in [2.05, 4.69) is 15.2 Å². The number of nitrogens with one attached hydrogen (secondary N) is 1. The number of benzene rings is 2. The lowest BCUT2D eigenvalue weighted by atomic mass is 9.99. The molecule has 2 heterocycles. The Morgan fingerprint density at radius 2 is 1.74 bits per heavy atom. The summed E-state index contributed by atoms with van der Waals surface area (Å²) in [5, 5.41) is 13.6. The van der Waals surface area contributed by atoms with Gasteiger partial charge in [0, 0.05) is 17.7 Å². The molecule has 2 atom stereocenters. The van der Waals surface area contributed by atoms with Crippen molar-refractivity contribution in [3.8, 4) is 17.0 Å². The molecule has 38 heavy (non-hydrogen) atoms.